The van der Waals surface area contributed by atoms with Crippen molar-refractivity contribution >= 4 is 34.2 Å². The summed E-state index contributed by atoms with van der Waals surface area (Å²) in [5, 5.41) is 3.90. The number of rotatable bonds is 5. The first-order chi connectivity index (χ1) is 10.0. The van der Waals surface area contributed by atoms with Crippen LogP contribution in [0.3, 0.4) is 0 Å². The summed E-state index contributed by atoms with van der Waals surface area (Å²) in [5.41, 5.74) is 1.02. The van der Waals surface area contributed by atoms with Crippen LogP contribution in [0.5, 0.6) is 0 Å². The summed E-state index contributed by atoms with van der Waals surface area (Å²) in [6.45, 7) is 2.66. The lowest BCUT2D eigenvalue weighted by atomic mass is 9.98. The van der Waals surface area contributed by atoms with Crippen LogP contribution in [0.4, 0.5) is 8.78 Å². The topological polar surface area (TPSA) is 12.0 Å². The van der Waals surface area contributed by atoms with Gasteiger partial charge in [-0.05, 0) is 65.4 Å². The van der Waals surface area contributed by atoms with Crippen LogP contribution in [0.15, 0.2) is 36.4 Å². The molecule has 21 heavy (non-hydrogen) atoms. The number of benzene rings is 2. The summed E-state index contributed by atoms with van der Waals surface area (Å²) in [6.07, 6.45) is 0.239. The molecule has 0 bridgehead atoms. The number of hydrogen-bond acceptors (Lipinski definition) is 1. The highest BCUT2D eigenvalue weighted by atomic mass is 127. The smallest absolute Gasteiger partial charge is 0.129 e. The molecule has 0 aliphatic carbocycles. The average Bonchev–Trinajstić information content (AvgIpc) is 2.45. The van der Waals surface area contributed by atoms with Crippen molar-refractivity contribution in [1.29, 1.82) is 0 Å². The minimum absolute atomic E-state index is 0.0955. The first-order valence-corrected chi connectivity index (χ1v) is 8.09. The Labute approximate surface area is 141 Å². The van der Waals surface area contributed by atoms with Crippen LogP contribution in [0.2, 0.25) is 5.02 Å². The van der Waals surface area contributed by atoms with Crippen molar-refractivity contribution < 1.29 is 8.78 Å². The van der Waals surface area contributed by atoms with Gasteiger partial charge in [0, 0.05) is 15.2 Å². The van der Waals surface area contributed by atoms with Crippen LogP contribution >= 0.6 is 34.2 Å². The molecule has 0 saturated heterocycles. The molecule has 0 saturated carbocycles. The molecule has 1 atom stereocenters. The molecule has 1 unspecified atom stereocenters. The predicted molar refractivity (Wildman–Crippen MR) is 90.6 cm³/mol. The van der Waals surface area contributed by atoms with Gasteiger partial charge in [0.1, 0.15) is 11.6 Å². The largest absolute Gasteiger partial charge is 0.310 e. The summed E-state index contributed by atoms with van der Waals surface area (Å²) in [5.74, 6) is -1.04. The number of halogens is 4. The van der Waals surface area contributed by atoms with E-state index in [0.717, 1.165) is 9.13 Å². The van der Waals surface area contributed by atoms with Gasteiger partial charge >= 0.3 is 0 Å². The molecule has 0 aliphatic rings. The van der Waals surface area contributed by atoms with Gasteiger partial charge in [0.25, 0.3) is 0 Å². The minimum Gasteiger partial charge on any atom is -0.310 e. The van der Waals surface area contributed by atoms with Crippen LogP contribution in [0.25, 0.3) is 0 Å². The van der Waals surface area contributed by atoms with Gasteiger partial charge in [-0.2, -0.15) is 0 Å². The second-order valence-electron chi connectivity index (χ2n) is 4.69. The zero-order valence-electron chi connectivity index (χ0n) is 11.5. The maximum absolute atomic E-state index is 13.8. The Morgan fingerprint density at radius 2 is 1.86 bits per heavy atom. The Hall–Kier alpha value is -0.720. The van der Waals surface area contributed by atoms with Gasteiger partial charge in [0.05, 0.1) is 5.02 Å². The summed E-state index contributed by atoms with van der Waals surface area (Å²) >= 11 is 8.29. The van der Waals surface area contributed by atoms with E-state index in [9.17, 15) is 8.78 Å². The van der Waals surface area contributed by atoms with Crippen LogP contribution in [-0.2, 0) is 6.42 Å². The van der Waals surface area contributed by atoms with E-state index in [1.807, 2.05) is 25.1 Å². The van der Waals surface area contributed by atoms with Crippen molar-refractivity contribution in [1.82, 2.24) is 5.32 Å². The molecule has 0 radical (unpaired) electrons. The lowest BCUT2D eigenvalue weighted by Gasteiger charge is -2.19. The molecule has 2 aromatic rings. The molecular formula is C16H15ClF2IN. The standard InChI is InChI=1S/C16H15ClF2IN/c1-2-21-16(10-6-7-15(20)12(17)8-10)9-11-13(18)4-3-5-14(11)19/h3-8,16,21H,2,9H2,1H3. The molecule has 1 N–H and O–H groups in total. The second kappa shape index (κ2) is 7.51. The van der Waals surface area contributed by atoms with Crippen LogP contribution < -0.4 is 5.32 Å². The fraction of sp³-hybridized carbons (Fsp3) is 0.250. The molecule has 2 aromatic carbocycles. The molecule has 0 aromatic heterocycles. The number of hydrogen-bond donors (Lipinski definition) is 1. The van der Waals surface area contributed by atoms with Crippen molar-refractivity contribution in [2.24, 2.45) is 0 Å². The first kappa shape index (κ1) is 16.6. The zero-order valence-corrected chi connectivity index (χ0v) is 14.4. The maximum atomic E-state index is 13.8. The molecule has 0 spiro atoms. The van der Waals surface area contributed by atoms with Gasteiger partial charge < -0.3 is 5.32 Å². The molecule has 0 aliphatic heterocycles. The van der Waals surface area contributed by atoms with E-state index in [1.54, 1.807) is 0 Å². The Morgan fingerprint density at radius 1 is 1.19 bits per heavy atom. The molecule has 1 nitrogen and oxygen atoms in total. The number of likely N-dealkylation sites (N-methyl/N-ethyl adjacent to an activating group) is 1. The molecule has 0 heterocycles. The zero-order chi connectivity index (χ0) is 15.4. The third-order valence-corrected chi connectivity index (χ3v) is 4.84. The minimum atomic E-state index is -0.519. The van der Waals surface area contributed by atoms with Gasteiger partial charge in [0.15, 0.2) is 0 Å². The van der Waals surface area contributed by atoms with Gasteiger partial charge in [0.2, 0.25) is 0 Å². The highest BCUT2D eigenvalue weighted by molar-refractivity contribution is 14.1. The quantitative estimate of drug-likeness (QED) is 0.661. The summed E-state index contributed by atoms with van der Waals surface area (Å²) in [7, 11) is 0. The molecular weight excluding hydrogens is 407 g/mol. The highest BCUT2D eigenvalue weighted by Crippen LogP contribution is 2.26. The molecule has 0 fully saturated rings. The van der Waals surface area contributed by atoms with Gasteiger partial charge in [-0.3, -0.25) is 0 Å². The third kappa shape index (κ3) is 4.14. The Bertz CT molecular complexity index is 613. The second-order valence-corrected chi connectivity index (χ2v) is 6.26. The van der Waals surface area contributed by atoms with Gasteiger partial charge in [-0.15, -0.1) is 0 Å². The summed E-state index contributed by atoms with van der Waals surface area (Å²) in [4.78, 5) is 0. The van der Waals surface area contributed by atoms with E-state index < -0.39 is 11.6 Å². The van der Waals surface area contributed by atoms with E-state index in [4.69, 9.17) is 11.6 Å². The predicted octanol–water partition coefficient (Wildman–Crippen LogP) is 5.12. The lowest BCUT2D eigenvalue weighted by Crippen LogP contribution is -2.24. The molecule has 5 heteroatoms. The lowest BCUT2D eigenvalue weighted by molar-refractivity contribution is 0.499. The van der Waals surface area contributed by atoms with Crippen LogP contribution in [0, 0.1) is 15.2 Å². The number of nitrogens with one attached hydrogen (secondary N) is 1. The van der Waals surface area contributed by atoms with Crippen LogP contribution in [-0.4, -0.2) is 6.54 Å². The fourth-order valence-corrected chi connectivity index (χ4v) is 2.74. The maximum Gasteiger partial charge on any atom is 0.129 e. The third-order valence-electron chi connectivity index (χ3n) is 3.27. The van der Waals surface area contributed by atoms with Crippen molar-refractivity contribution in [2.45, 2.75) is 19.4 Å². The fourth-order valence-electron chi connectivity index (χ4n) is 2.21. The van der Waals surface area contributed by atoms with Crippen molar-refractivity contribution in [3.63, 3.8) is 0 Å². The van der Waals surface area contributed by atoms with E-state index in [1.165, 1.54) is 18.2 Å². The van der Waals surface area contributed by atoms with E-state index in [0.29, 0.717) is 11.6 Å². The van der Waals surface area contributed by atoms with E-state index in [-0.39, 0.29) is 18.0 Å². The molecule has 0 amide bonds. The first-order valence-electron chi connectivity index (χ1n) is 6.64. The van der Waals surface area contributed by atoms with Crippen molar-refractivity contribution in [3.05, 3.63) is 67.8 Å². The van der Waals surface area contributed by atoms with Crippen LogP contribution in [0.1, 0.15) is 24.1 Å². The van der Waals surface area contributed by atoms with E-state index >= 15 is 0 Å². The highest BCUT2D eigenvalue weighted by Gasteiger charge is 2.17. The molecule has 112 valence electrons. The van der Waals surface area contributed by atoms with E-state index in [2.05, 4.69) is 27.9 Å². The summed E-state index contributed by atoms with van der Waals surface area (Å²) < 4.78 is 28.6. The monoisotopic (exact) mass is 421 g/mol. The Morgan fingerprint density at radius 3 is 2.43 bits per heavy atom. The van der Waals surface area contributed by atoms with Crippen molar-refractivity contribution in [2.75, 3.05) is 6.54 Å². The Kier molecular flexibility index (Phi) is 5.96. The van der Waals surface area contributed by atoms with Gasteiger partial charge in [-0.1, -0.05) is 30.7 Å². The SMILES string of the molecule is CCNC(Cc1c(F)cccc1F)c1ccc(I)c(Cl)c1. The summed E-state index contributed by atoms with van der Waals surface area (Å²) in [6, 6.07) is 9.43. The molecule has 2 rings (SSSR count). The average molecular weight is 422 g/mol. The van der Waals surface area contributed by atoms with Gasteiger partial charge in [-0.25, -0.2) is 8.78 Å². The Balaban J connectivity index is 2.33. The van der Waals surface area contributed by atoms with Crippen molar-refractivity contribution in [3.8, 4) is 0 Å². The normalized spacial score (nSPS) is 12.4.